The normalized spacial score (nSPS) is 9.89. The van der Waals surface area contributed by atoms with E-state index >= 15 is 0 Å². The zero-order valence-electron chi connectivity index (χ0n) is 10.3. The molecule has 98 valence electrons. The van der Waals surface area contributed by atoms with E-state index in [2.05, 4.69) is 4.98 Å². The largest absolute Gasteiger partial charge is 0.466 e. The molecule has 7 heteroatoms. The van der Waals surface area contributed by atoms with Gasteiger partial charge in [-0.15, -0.1) is 0 Å². The molecule has 1 rings (SSSR count). The Morgan fingerprint density at radius 3 is 2.94 bits per heavy atom. The molecule has 0 aliphatic heterocycles. The Morgan fingerprint density at radius 1 is 1.61 bits per heavy atom. The summed E-state index contributed by atoms with van der Waals surface area (Å²) in [7, 11) is 1.71. The molecule has 0 fully saturated rings. The molecule has 0 N–H and O–H groups in total. The van der Waals surface area contributed by atoms with Crippen LogP contribution in [0, 0.1) is 10.1 Å². The van der Waals surface area contributed by atoms with E-state index in [-0.39, 0.29) is 18.1 Å². The van der Waals surface area contributed by atoms with Crippen molar-refractivity contribution >= 4 is 17.5 Å². The average Bonchev–Trinajstić information content (AvgIpc) is 2.36. The number of rotatable bonds is 6. The molecule has 0 atom stereocenters. The molecular formula is C11H15N3O4. The van der Waals surface area contributed by atoms with Gasteiger partial charge in [-0.2, -0.15) is 0 Å². The summed E-state index contributed by atoms with van der Waals surface area (Å²) in [5.74, 6) is 0.156. The Hall–Kier alpha value is -2.18. The summed E-state index contributed by atoms with van der Waals surface area (Å²) in [5, 5.41) is 10.6. The van der Waals surface area contributed by atoms with Crippen molar-refractivity contribution in [2.45, 2.75) is 13.3 Å². The van der Waals surface area contributed by atoms with Crippen molar-refractivity contribution in [3.05, 3.63) is 28.4 Å². The average molecular weight is 253 g/mol. The molecule has 1 aromatic heterocycles. The van der Waals surface area contributed by atoms with Gasteiger partial charge in [0.05, 0.1) is 24.0 Å². The van der Waals surface area contributed by atoms with Crippen LogP contribution in [-0.4, -0.2) is 36.1 Å². The quantitative estimate of drug-likeness (QED) is 0.432. The fourth-order valence-electron chi connectivity index (χ4n) is 1.34. The summed E-state index contributed by atoms with van der Waals surface area (Å²) >= 11 is 0. The zero-order valence-corrected chi connectivity index (χ0v) is 10.3. The predicted octanol–water partition coefficient (Wildman–Crippen LogP) is 1.38. The van der Waals surface area contributed by atoms with Crippen LogP contribution in [0.5, 0.6) is 0 Å². The third-order valence-electron chi connectivity index (χ3n) is 2.29. The van der Waals surface area contributed by atoms with Gasteiger partial charge in [-0.25, -0.2) is 4.98 Å². The maximum absolute atomic E-state index is 11.2. The smallest absolute Gasteiger partial charge is 0.307 e. The lowest BCUT2D eigenvalue weighted by Gasteiger charge is -2.16. The van der Waals surface area contributed by atoms with Gasteiger partial charge in [0.2, 0.25) is 0 Å². The van der Waals surface area contributed by atoms with Crippen molar-refractivity contribution in [2.24, 2.45) is 0 Å². The van der Waals surface area contributed by atoms with Crippen LogP contribution in [0.15, 0.2) is 18.3 Å². The van der Waals surface area contributed by atoms with E-state index in [0.717, 1.165) is 0 Å². The molecule has 0 aliphatic rings. The number of carbonyl (C=O) groups is 1. The first-order valence-electron chi connectivity index (χ1n) is 5.51. The number of esters is 1. The van der Waals surface area contributed by atoms with Crippen LogP contribution in [0.3, 0.4) is 0 Å². The van der Waals surface area contributed by atoms with Crippen LogP contribution in [0.25, 0.3) is 0 Å². The minimum atomic E-state index is -0.482. The molecule has 0 saturated carbocycles. The molecule has 0 aromatic carbocycles. The summed E-state index contributed by atoms with van der Waals surface area (Å²) < 4.78 is 4.80. The monoisotopic (exact) mass is 253 g/mol. The first kappa shape index (κ1) is 13.9. The third kappa shape index (κ3) is 4.00. The van der Waals surface area contributed by atoms with E-state index < -0.39 is 4.92 Å². The highest BCUT2D eigenvalue weighted by atomic mass is 16.6. The van der Waals surface area contributed by atoms with Crippen LogP contribution in [-0.2, 0) is 9.53 Å². The molecule has 0 amide bonds. The van der Waals surface area contributed by atoms with Gasteiger partial charge in [-0.05, 0) is 6.92 Å². The highest BCUT2D eigenvalue weighted by Gasteiger charge is 2.11. The molecule has 0 unspecified atom stereocenters. The number of ether oxygens (including phenoxy) is 1. The van der Waals surface area contributed by atoms with Gasteiger partial charge in [0.15, 0.2) is 0 Å². The van der Waals surface area contributed by atoms with E-state index in [0.29, 0.717) is 19.0 Å². The van der Waals surface area contributed by atoms with Gasteiger partial charge < -0.3 is 9.64 Å². The molecule has 0 radical (unpaired) electrons. The molecular weight excluding hydrogens is 238 g/mol. The first-order valence-corrected chi connectivity index (χ1v) is 5.51. The number of anilines is 1. The maximum Gasteiger partial charge on any atom is 0.307 e. The van der Waals surface area contributed by atoms with Gasteiger partial charge >= 0.3 is 5.97 Å². The summed E-state index contributed by atoms with van der Waals surface area (Å²) in [6, 6.07) is 2.69. The minimum absolute atomic E-state index is 0.0250. The third-order valence-corrected chi connectivity index (χ3v) is 2.29. The second kappa shape index (κ2) is 6.53. The van der Waals surface area contributed by atoms with Crippen molar-refractivity contribution in [3.63, 3.8) is 0 Å². The first-order chi connectivity index (χ1) is 8.54. The van der Waals surface area contributed by atoms with Gasteiger partial charge in [0.25, 0.3) is 5.69 Å². The van der Waals surface area contributed by atoms with E-state index in [1.807, 2.05) is 0 Å². The SMILES string of the molecule is CCOC(=O)CCN(C)c1cc([N+](=O)[O-])ccn1. The maximum atomic E-state index is 11.2. The van der Waals surface area contributed by atoms with Crippen LogP contribution < -0.4 is 4.90 Å². The van der Waals surface area contributed by atoms with E-state index in [9.17, 15) is 14.9 Å². The van der Waals surface area contributed by atoms with E-state index in [1.54, 1.807) is 18.9 Å². The lowest BCUT2D eigenvalue weighted by Crippen LogP contribution is -2.22. The lowest BCUT2D eigenvalue weighted by atomic mass is 10.3. The lowest BCUT2D eigenvalue weighted by molar-refractivity contribution is -0.384. The number of pyridine rings is 1. The Labute approximate surface area is 105 Å². The van der Waals surface area contributed by atoms with Gasteiger partial charge in [0.1, 0.15) is 5.82 Å². The molecule has 0 aliphatic carbocycles. The fraction of sp³-hybridized carbons (Fsp3) is 0.455. The molecule has 1 heterocycles. The van der Waals surface area contributed by atoms with Crippen molar-refractivity contribution in [1.29, 1.82) is 0 Å². The van der Waals surface area contributed by atoms with Crippen molar-refractivity contribution in [3.8, 4) is 0 Å². The second-order valence-electron chi connectivity index (χ2n) is 3.61. The molecule has 1 aromatic rings. The zero-order chi connectivity index (χ0) is 13.5. The summed E-state index contributed by atoms with van der Waals surface area (Å²) in [6.07, 6.45) is 1.59. The van der Waals surface area contributed by atoms with Crippen LogP contribution >= 0.6 is 0 Å². The van der Waals surface area contributed by atoms with Crippen molar-refractivity contribution in [2.75, 3.05) is 25.1 Å². The topological polar surface area (TPSA) is 85.6 Å². The highest BCUT2D eigenvalue weighted by Crippen LogP contribution is 2.17. The fourth-order valence-corrected chi connectivity index (χ4v) is 1.34. The summed E-state index contributed by atoms with van der Waals surface area (Å²) in [6.45, 7) is 2.48. The Morgan fingerprint density at radius 2 is 2.33 bits per heavy atom. The van der Waals surface area contributed by atoms with E-state index in [4.69, 9.17) is 4.74 Å². The Balaban J connectivity index is 2.61. The van der Waals surface area contributed by atoms with Crippen LogP contribution in [0.4, 0.5) is 11.5 Å². The predicted molar refractivity (Wildman–Crippen MR) is 65.4 cm³/mol. The van der Waals surface area contributed by atoms with Crippen LogP contribution in [0.2, 0.25) is 0 Å². The standard InChI is InChI=1S/C11H15N3O4/c1-3-18-11(15)5-7-13(2)10-8-9(14(16)17)4-6-12-10/h4,6,8H,3,5,7H2,1-2H3. The van der Waals surface area contributed by atoms with Crippen molar-refractivity contribution < 1.29 is 14.5 Å². The molecule has 18 heavy (non-hydrogen) atoms. The molecule has 0 bridgehead atoms. The number of aromatic nitrogens is 1. The number of hydrogen-bond acceptors (Lipinski definition) is 6. The molecule has 0 saturated heterocycles. The van der Waals surface area contributed by atoms with Crippen molar-refractivity contribution in [1.82, 2.24) is 4.98 Å². The summed E-state index contributed by atoms with van der Waals surface area (Å²) in [4.78, 5) is 27.0. The Kier molecular flexibility index (Phi) is 5.04. The van der Waals surface area contributed by atoms with Crippen LogP contribution in [0.1, 0.15) is 13.3 Å². The number of nitrogens with zero attached hydrogens (tertiary/aromatic N) is 3. The second-order valence-corrected chi connectivity index (χ2v) is 3.61. The summed E-state index contributed by atoms with van der Waals surface area (Å²) in [5.41, 5.74) is -0.0250. The van der Waals surface area contributed by atoms with Gasteiger partial charge in [-0.1, -0.05) is 0 Å². The van der Waals surface area contributed by atoms with E-state index in [1.165, 1.54) is 18.3 Å². The molecule has 0 spiro atoms. The number of nitro groups is 1. The van der Waals surface area contributed by atoms with Gasteiger partial charge in [-0.3, -0.25) is 14.9 Å². The number of carbonyl (C=O) groups excluding carboxylic acids is 1. The van der Waals surface area contributed by atoms with Gasteiger partial charge in [0, 0.05) is 25.9 Å². The number of hydrogen-bond donors (Lipinski definition) is 0. The Bertz CT molecular complexity index is 436. The molecule has 7 nitrogen and oxygen atoms in total. The minimum Gasteiger partial charge on any atom is -0.466 e. The highest BCUT2D eigenvalue weighted by molar-refractivity contribution is 5.70.